The lowest BCUT2D eigenvalue weighted by Gasteiger charge is -2.19. The van der Waals surface area contributed by atoms with Crippen LogP contribution in [0.5, 0.6) is 0 Å². The van der Waals surface area contributed by atoms with E-state index < -0.39 is 11.7 Å². The second kappa shape index (κ2) is 9.18. The molecule has 0 heterocycles. The van der Waals surface area contributed by atoms with Gasteiger partial charge in [0, 0.05) is 18.7 Å². The Labute approximate surface area is 138 Å². The Hall–Kier alpha value is -2.04. The molecule has 23 heavy (non-hydrogen) atoms. The highest BCUT2D eigenvalue weighted by atomic mass is 16.6. The highest BCUT2D eigenvalue weighted by Crippen LogP contribution is 2.08. The largest absolute Gasteiger partial charge is 0.444 e. The molecular formula is C18H28N2O3. The molecule has 1 rings (SSSR count). The van der Waals surface area contributed by atoms with E-state index in [4.69, 9.17) is 4.74 Å². The maximum Gasteiger partial charge on any atom is 0.407 e. The van der Waals surface area contributed by atoms with Gasteiger partial charge in [-0.25, -0.2) is 4.79 Å². The van der Waals surface area contributed by atoms with E-state index in [2.05, 4.69) is 17.6 Å². The number of benzene rings is 1. The van der Waals surface area contributed by atoms with Crippen LogP contribution in [0.1, 0.15) is 62.9 Å². The third kappa shape index (κ3) is 8.24. The molecule has 1 aromatic rings. The fourth-order valence-corrected chi connectivity index (χ4v) is 1.94. The third-order valence-corrected chi connectivity index (χ3v) is 3.12. The minimum absolute atomic E-state index is 0.0623. The van der Waals surface area contributed by atoms with Gasteiger partial charge < -0.3 is 15.4 Å². The molecule has 5 nitrogen and oxygen atoms in total. The first-order valence-electron chi connectivity index (χ1n) is 8.16. The Morgan fingerprint density at radius 2 is 1.70 bits per heavy atom. The van der Waals surface area contributed by atoms with Crippen LogP contribution in [0, 0.1) is 0 Å². The molecule has 0 aliphatic rings. The zero-order valence-electron chi connectivity index (χ0n) is 14.6. The van der Waals surface area contributed by atoms with Gasteiger partial charge in [0.25, 0.3) is 5.91 Å². The van der Waals surface area contributed by atoms with Crippen molar-refractivity contribution in [2.45, 2.75) is 59.1 Å². The number of carbonyl (C=O) groups is 2. The second-order valence-corrected chi connectivity index (χ2v) is 6.52. The summed E-state index contributed by atoms with van der Waals surface area (Å²) in [6.07, 6.45) is 2.81. The standard InChI is InChI=1S/C18H28N2O3/c1-5-6-7-12-19-16(21)15-10-8-14(9-11-15)13-20-17(22)23-18(2,3)4/h8-11H,5-7,12-13H2,1-4H3,(H,19,21)(H,20,22). The van der Waals surface area contributed by atoms with Crippen molar-refractivity contribution >= 4 is 12.0 Å². The van der Waals surface area contributed by atoms with Crippen molar-refractivity contribution in [2.75, 3.05) is 6.54 Å². The van der Waals surface area contributed by atoms with Gasteiger partial charge in [-0.2, -0.15) is 0 Å². The molecule has 0 spiro atoms. The van der Waals surface area contributed by atoms with Crippen LogP contribution in [-0.4, -0.2) is 24.1 Å². The predicted octanol–water partition coefficient (Wildman–Crippen LogP) is 3.63. The molecular weight excluding hydrogens is 292 g/mol. The molecule has 0 saturated carbocycles. The highest BCUT2D eigenvalue weighted by molar-refractivity contribution is 5.94. The Bertz CT molecular complexity index is 504. The van der Waals surface area contributed by atoms with Crippen LogP contribution >= 0.6 is 0 Å². The molecule has 5 heteroatoms. The van der Waals surface area contributed by atoms with Crippen LogP contribution < -0.4 is 10.6 Å². The maximum atomic E-state index is 11.9. The number of rotatable bonds is 7. The first-order valence-corrected chi connectivity index (χ1v) is 8.16. The molecule has 2 N–H and O–H groups in total. The van der Waals surface area contributed by atoms with Gasteiger partial charge in [-0.05, 0) is 44.9 Å². The average Bonchev–Trinajstić information content (AvgIpc) is 2.48. The molecule has 0 fully saturated rings. The molecule has 0 bridgehead atoms. The minimum atomic E-state index is -0.510. The Kier molecular flexibility index (Phi) is 7.59. The van der Waals surface area contributed by atoms with Crippen molar-refractivity contribution < 1.29 is 14.3 Å². The molecule has 0 aliphatic carbocycles. The summed E-state index contributed by atoms with van der Waals surface area (Å²) in [5, 5.41) is 5.59. The van der Waals surface area contributed by atoms with E-state index in [-0.39, 0.29) is 5.91 Å². The van der Waals surface area contributed by atoms with Gasteiger partial charge in [-0.3, -0.25) is 4.79 Å². The number of hydrogen-bond donors (Lipinski definition) is 2. The van der Waals surface area contributed by atoms with Crippen LogP contribution in [-0.2, 0) is 11.3 Å². The van der Waals surface area contributed by atoms with Crippen LogP contribution in [0.2, 0.25) is 0 Å². The highest BCUT2D eigenvalue weighted by Gasteiger charge is 2.15. The second-order valence-electron chi connectivity index (χ2n) is 6.52. The first kappa shape index (κ1) is 19.0. The van der Waals surface area contributed by atoms with E-state index >= 15 is 0 Å². The van der Waals surface area contributed by atoms with Crippen molar-refractivity contribution in [1.82, 2.24) is 10.6 Å². The number of ether oxygens (including phenoxy) is 1. The summed E-state index contributed by atoms with van der Waals surface area (Å²) in [7, 11) is 0. The molecule has 0 saturated heterocycles. The predicted molar refractivity (Wildman–Crippen MR) is 91.4 cm³/mol. The summed E-state index contributed by atoms with van der Waals surface area (Å²) >= 11 is 0. The van der Waals surface area contributed by atoms with Gasteiger partial charge >= 0.3 is 6.09 Å². The topological polar surface area (TPSA) is 67.4 Å². The lowest BCUT2D eigenvalue weighted by atomic mass is 10.1. The van der Waals surface area contributed by atoms with Gasteiger partial charge in [0.15, 0.2) is 0 Å². The summed E-state index contributed by atoms with van der Waals surface area (Å²) in [5.74, 6) is -0.0623. The first-order chi connectivity index (χ1) is 10.8. The van der Waals surface area contributed by atoms with E-state index in [0.717, 1.165) is 24.8 Å². The molecule has 0 aliphatic heterocycles. The van der Waals surface area contributed by atoms with Gasteiger partial charge in [0.1, 0.15) is 5.60 Å². The summed E-state index contributed by atoms with van der Waals surface area (Å²) in [4.78, 5) is 23.5. The van der Waals surface area contributed by atoms with Gasteiger partial charge in [-0.15, -0.1) is 0 Å². The normalized spacial score (nSPS) is 11.0. The number of unbranched alkanes of at least 4 members (excludes halogenated alkanes) is 2. The van der Waals surface area contributed by atoms with E-state index in [1.54, 1.807) is 12.1 Å². The van der Waals surface area contributed by atoms with Crippen molar-refractivity contribution in [3.05, 3.63) is 35.4 Å². The fraction of sp³-hybridized carbons (Fsp3) is 0.556. The van der Waals surface area contributed by atoms with E-state index in [1.165, 1.54) is 0 Å². The van der Waals surface area contributed by atoms with Crippen LogP contribution in [0.3, 0.4) is 0 Å². The van der Waals surface area contributed by atoms with E-state index in [9.17, 15) is 9.59 Å². The van der Waals surface area contributed by atoms with Crippen molar-refractivity contribution in [3.8, 4) is 0 Å². The van der Waals surface area contributed by atoms with Crippen molar-refractivity contribution in [2.24, 2.45) is 0 Å². The number of amides is 2. The maximum absolute atomic E-state index is 11.9. The molecule has 128 valence electrons. The number of nitrogens with one attached hydrogen (secondary N) is 2. The van der Waals surface area contributed by atoms with Gasteiger partial charge in [0.05, 0.1) is 0 Å². The number of carbonyl (C=O) groups excluding carboxylic acids is 2. The lowest BCUT2D eigenvalue weighted by Crippen LogP contribution is -2.32. The van der Waals surface area contributed by atoms with Crippen LogP contribution in [0.25, 0.3) is 0 Å². The lowest BCUT2D eigenvalue weighted by molar-refractivity contribution is 0.0523. The monoisotopic (exact) mass is 320 g/mol. The van der Waals surface area contributed by atoms with E-state index in [0.29, 0.717) is 18.7 Å². The Morgan fingerprint density at radius 1 is 1.04 bits per heavy atom. The summed E-state index contributed by atoms with van der Waals surface area (Å²) in [5.41, 5.74) is 1.03. The van der Waals surface area contributed by atoms with Crippen molar-refractivity contribution in [1.29, 1.82) is 0 Å². The fourth-order valence-electron chi connectivity index (χ4n) is 1.94. The summed E-state index contributed by atoms with van der Waals surface area (Å²) in [6, 6.07) is 7.19. The zero-order valence-corrected chi connectivity index (χ0v) is 14.6. The third-order valence-electron chi connectivity index (χ3n) is 3.12. The molecule has 1 aromatic carbocycles. The smallest absolute Gasteiger partial charge is 0.407 e. The summed E-state index contributed by atoms with van der Waals surface area (Å²) in [6.45, 7) is 8.66. The van der Waals surface area contributed by atoms with Gasteiger partial charge in [0.2, 0.25) is 0 Å². The molecule has 2 amide bonds. The minimum Gasteiger partial charge on any atom is -0.444 e. The molecule has 0 unspecified atom stereocenters. The van der Waals surface area contributed by atoms with Crippen LogP contribution in [0.4, 0.5) is 4.79 Å². The van der Waals surface area contributed by atoms with Crippen molar-refractivity contribution in [3.63, 3.8) is 0 Å². The van der Waals surface area contributed by atoms with Crippen LogP contribution in [0.15, 0.2) is 24.3 Å². The quantitative estimate of drug-likeness (QED) is 0.754. The Morgan fingerprint density at radius 3 is 2.26 bits per heavy atom. The number of hydrogen-bond acceptors (Lipinski definition) is 3. The SMILES string of the molecule is CCCCCNC(=O)c1ccc(CNC(=O)OC(C)(C)C)cc1. The number of alkyl carbamates (subject to hydrolysis) is 1. The molecule has 0 atom stereocenters. The molecule has 0 radical (unpaired) electrons. The summed E-state index contributed by atoms with van der Waals surface area (Å²) < 4.78 is 5.17. The van der Waals surface area contributed by atoms with Gasteiger partial charge in [-0.1, -0.05) is 31.9 Å². The average molecular weight is 320 g/mol. The zero-order chi connectivity index (χ0) is 17.3. The molecule has 0 aromatic heterocycles. The Balaban J connectivity index is 2.41. The van der Waals surface area contributed by atoms with E-state index in [1.807, 2.05) is 32.9 Å².